The molecule has 0 aliphatic heterocycles. The number of hydrogen-bond acceptors (Lipinski definition) is 3. The molecule has 0 saturated carbocycles. The predicted molar refractivity (Wildman–Crippen MR) is 79.7 cm³/mol. The van der Waals surface area contributed by atoms with Gasteiger partial charge in [-0.3, -0.25) is 0 Å². The molecule has 0 saturated heterocycles. The molecule has 0 aliphatic rings. The molecule has 4 N–H and O–H groups in total. The molecule has 0 bridgehead atoms. The van der Waals surface area contributed by atoms with E-state index in [1.54, 1.807) is 0 Å². The van der Waals surface area contributed by atoms with Crippen molar-refractivity contribution in [1.29, 1.82) is 0 Å². The molecule has 0 unspecified atom stereocenters. The zero-order chi connectivity index (χ0) is 13.4. The maximum atomic E-state index is 5.97. The largest absolute Gasteiger partial charge is 0.397 e. The molecule has 96 valence electrons. The smallest absolute Gasteiger partial charge is 0.104 e. The fraction of sp³-hybridized carbons (Fsp3) is 0.133. The number of aromatic nitrogens is 2. The van der Waals surface area contributed by atoms with Gasteiger partial charge in [-0.1, -0.05) is 6.07 Å². The van der Waals surface area contributed by atoms with Crippen LogP contribution in [-0.4, -0.2) is 9.97 Å². The van der Waals surface area contributed by atoms with Crippen LogP contribution in [0.2, 0.25) is 0 Å². The lowest BCUT2D eigenvalue weighted by molar-refractivity contribution is 1.17. The van der Waals surface area contributed by atoms with Crippen LogP contribution < -0.4 is 11.1 Å². The molecule has 3 rings (SSSR count). The van der Waals surface area contributed by atoms with Crippen LogP contribution in [0.5, 0.6) is 0 Å². The highest BCUT2D eigenvalue weighted by Gasteiger charge is 2.03. The summed E-state index contributed by atoms with van der Waals surface area (Å²) in [6, 6.07) is 12.0. The van der Waals surface area contributed by atoms with Gasteiger partial charge < -0.3 is 16.0 Å². The Labute approximate surface area is 111 Å². The lowest BCUT2D eigenvalue weighted by atomic mass is 10.2. The van der Waals surface area contributed by atoms with Crippen molar-refractivity contribution in [3.63, 3.8) is 0 Å². The molecule has 1 heterocycles. The topological polar surface area (TPSA) is 66.7 Å². The number of imidazole rings is 1. The van der Waals surface area contributed by atoms with Gasteiger partial charge in [0.05, 0.1) is 22.4 Å². The Hall–Kier alpha value is -2.49. The van der Waals surface area contributed by atoms with Gasteiger partial charge in [0.15, 0.2) is 0 Å². The number of nitrogens with zero attached hydrogens (tertiary/aromatic N) is 1. The Balaban J connectivity index is 1.98. The average Bonchev–Trinajstić information content (AvgIpc) is 2.73. The fourth-order valence-corrected chi connectivity index (χ4v) is 2.15. The first kappa shape index (κ1) is 11.6. The maximum absolute atomic E-state index is 5.97. The lowest BCUT2D eigenvalue weighted by Crippen LogP contribution is -1.96. The number of benzene rings is 2. The minimum absolute atomic E-state index is 0.742. The van der Waals surface area contributed by atoms with Crippen LogP contribution in [-0.2, 0) is 0 Å². The standard InChI is InChI=1S/C15H16N4/c1-9-3-5-12(16)14(7-9)19-11-4-6-13-15(8-11)18-10(2)17-13/h3-8,19H,16H2,1-2H3,(H,17,18). The highest BCUT2D eigenvalue weighted by Crippen LogP contribution is 2.26. The number of nitrogens with two attached hydrogens (primary N) is 1. The van der Waals surface area contributed by atoms with Crippen LogP contribution in [0.4, 0.5) is 17.1 Å². The summed E-state index contributed by atoms with van der Waals surface area (Å²) >= 11 is 0. The molecule has 0 amide bonds. The number of nitrogen functional groups attached to an aromatic ring is 1. The van der Waals surface area contributed by atoms with E-state index in [4.69, 9.17) is 5.73 Å². The Kier molecular flexibility index (Phi) is 2.63. The number of aryl methyl sites for hydroxylation is 2. The SMILES string of the molecule is Cc1ccc(N)c(Nc2ccc3nc(C)[nH]c3c2)c1. The second-order valence-corrected chi connectivity index (χ2v) is 4.77. The molecule has 1 aromatic heterocycles. The molecule has 0 radical (unpaired) electrons. The molecule has 0 aliphatic carbocycles. The van der Waals surface area contributed by atoms with Crippen molar-refractivity contribution in [2.45, 2.75) is 13.8 Å². The van der Waals surface area contributed by atoms with Gasteiger partial charge in [0.2, 0.25) is 0 Å². The number of fused-ring (bicyclic) bond motifs is 1. The van der Waals surface area contributed by atoms with Gasteiger partial charge in [-0.25, -0.2) is 4.98 Å². The van der Waals surface area contributed by atoms with Crippen molar-refractivity contribution in [3.8, 4) is 0 Å². The van der Waals surface area contributed by atoms with Crippen LogP contribution in [0.15, 0.2) is 36.4 Å². The summed E-state index contributed by atoms with van der Waals surface area (Å²) in [7, 11) is 0. The van der Waals surface area contributed by atoms with E-state index in [1.165, 1.54) is 5.56 Å². The summed E-state index contributed by atoms with van der Waals surface area (Å²) < 4.78 is 0. The van der Waals surface area contributed by atoms with E-state index >= 15 is 0 Å². The summed E-state index contributed by atoms with van der Waals surface area (Å²) in [5, 5.41) is 3.34. The number of nitrogens with one attached hydrogen (secondary N) is 2. The number of aromatic amines is 1. The molecule has 0 fully saturated rings. The molecule has 4 nitrogen and oxygen atoms in total. The van der Waals surface area contributed by atoms with E-state index < -0.39 is 0 Å². The van der Waals surface area contributed by atoms with Crippen LogP contribution >= 0.6 is 0 Å². The van der Waals surface area contributed by atoms with Crippen molar-refractivity contribution in [3.05, 3.63) is 47.8 Å². The molecule has 19 heavy (non-hydrogen) atoms. The molecule has 0 spiro atoms. The van der Waals surface area contributed by atoms with E-state index in [0.29, 0.717) is 0 Å². The van der Waals surface area contributed by atoms with Crippen molar-refractivity contribution in [1.82, 2.24) is 9.97 Å². The Morgan fingerprint density at radius 1 is 1.11 bits per heavy atom. The van der Waals surface area contributed by atoms with Crippen molar-refractivity contribution >= 4 is 28.1 Å². The van der Waals surface area contributed by atoms with Gasteiger partial charge in [0.1, 0.15) is 5.82 Å². The minimum Gasteiger partial charge on any atom is -0.397 e. The van der Waals surface area contributed by atoms with Crippen LogP contribution in [0, 0.1) is 13.8 Å². The summed E-state index contributed by atoms with van der Waals surface area (Å²) in [4.78, 5) is 7.61. The zero-order valence-corrected chi connectivity index (χ0v) is 11.0. The Bertz CT molecular complexity index is 743. The molecule has 2 aromatic carbocycles. The van der Waals surface area contributed by atoms with Gasteiger partial charge in [0, 0.05) is 5.69 Å². The molecule has 4 heteroatoms. The van der Waals surface area contributed by atoms with E-state index in [0.717, 1.165) is 33.9 Å². The minimum atomic E-state index is 0.742. The summed E-state index contributed by atoms with van der Waals surface area (Å²) in [5.41, 5.74) is 11.8. The molecular weight excluding hydrogens is 236 g/mol. The predicted octanol–water partition coefficient (Wildman–Crippen LogP) is 3.51. The number of H-pyrrole nitrogens is 1. The van der Waals surface area contributed by atoms with Gasteiger partial charge in [0.25, 0.3) is 0 Å². The lowest BCUT2D eigenvalue weighted by Gasteiger charge is -2.10. The second kappa shape index (κ2) is 4.31. The van der Waals surface area contributed by atoms with Crippen LogP contribution in [0.1, 0.15) is 11.4 Å². The van der Waals surface area contributed by atoms with Crippen molar-refractivity contribution in [2.75, 3.05) is 11.1 Å². The summed E-state index contributed by atoms with van der Waals surface area (Å²) in [6.07, 6.45) is 0. The first-order valence-electron chi connectivity index (χ1n) is 6.21. The van der Waals surface area contributed by atoms with E-state index in [1.807, 2.05) is 50.2 Å². The molecular formula is C15H16N4. The third kappa shape index (κ3) is 2.25. The zero-order valence-electron chi connectivity index (χ0n) is 11.0. The Morgan fingerprint density at radius 3 is 2.79 bits per heavy atom. The third-order valence-electron chi connectivity index (χ3n) is 3.09. The summed E-state index contributed by atoms with van der Waals surface area (Å²) in [5.74, 6) is 0.919. The molecule has 0 atom stereocenters. The van der Waals surface area contributed by atoms with Gasteiger partial charge in [-0.2, -0.15) is 0 Å². The third-order valence-corrected chi connectivity index (χ3v) is 3.09. The first-order valence-corrected chi connectivity index (χ1v) is 6.21. The highest BCUT2D eigenvalue weighted by atomic mass is 14.9. The number of hydrogen-bond donors (Lipinski definition) is 3. The van der Waals surface area contributed by atoms with Crippen molar-refractivity contribution in [2.24, 2.45) is 0 Å². The number of rotatable bonds is 2. The van der Waals surface area contributed by atoms with Crippen LogP contribution in [0.25, 0.3) is 11.0 Å². The summed E-state index contributed by atoms with van der Waals surface area (Å²) in [6.45, 7) is 4.00. The Morgan fingerprint density at radius 2 is 1.95 bits per heavy atom. The van der Waals surface area contributed by atoms with Crippen molar-refractivity contribution < 1.29 is 0 Å². The fourth-order valence-electron chi connectivity index (χ4n) is 2.15. The molecule has 3 aromatic rings. The highest BCUT2D eigenvalue weighted by molar-refractivity contribution is 5.82. The second-order valence-electron chi connectivity index (χ2n) is 4.77. The first-order chi connectivity index (χ1) is 9.11. The van der Waals surface area contributed by atoms with Crippen LogP contribution in [0.3, 0.4) is 0 Å². The average molecular weight is 252 g/mol. The normalized spacial score (nSPS) is 10.8. The maximum Gasteiger partial charge on any atom is 0.104 e. The van der Waals surface area contributed by atoms with Gasteiger partial charge >= 0.3 is 0 Å². The van der Waals surface area contributed by atoms with E-state index in [-0.39, 0.29) is 0 Å². The monoisotopic (exact) mass is 252 g/mol. The van der Waals surface area contributed by atoms with Gasteiger partial charge in [-0.05, 0) is 49.7 Å². The number of anilines is 3. The van der Waals surface area contributed by atoms with E-state index in [9.17, 15) is 0 Å². The van der Waals surface area contributed by atoms with E-state index in [2.05, 4.69) is 15.3 Å². The van der Waals surface area contributed by atoms with Gasteiger partial charge in [-0.15, -0.1) is 0 Å². The quantitative estimate of drug-likeness (QED) is 0.611.